The van der Waals surface area contributed by atoms with Gasteiger partial charge in [0.15, 0.2) is 0 Å². The molecule has 0 N–H and O–H groups in total. The van der Waals surface area contributed by atoms with Crippen LogP contribution in [0.2, 0.25) is 0 Å². The third-order valence-corrected chi connectivity index (χ3v) is 4.33. The van der Waals surface area contributed by atoms with Crippen molar-refractivity contribution in [1.82, 2.24) is 0 Å². The van der Waals surface area contributed by atoms with E-state index in [1.54, 1.807) is 11.3 Å². The molecule has 0 bridgehead atoms. The lowest BCUT2D eigenvalue weighted by molar-refractivity contribution is 0.626. The van der Waals surface area contributed by atoms with Crippen LogP contribution in [-0.4, -0.2) is 0 Å². The number of rotatable bonds is 2. The maximum atomic E-state index is 12.9. The van der Waals surface area contributed by atoms with Gasteiger partial charge in [0.1, 0.15) is 5.82 Å². The molecule has 0 aliphatic heterocycles. The first-order valence-electron chi connectivity index (χ1n) is 5.97. The molecule has 1 unspecified atom stereocenters. The van der Waals surface area contributed by atoms with Gasteiger partial charge in [-0.1, -0.05) is 37.3 Å². The van der Waals surface area contributed by atoms with Gasteiger partial charge in [-0.3, -0.25) is 0 Å². The first-order chi connectivity index (χ1) is 8.75. The van der Waals surface area contributed by atoms with Crippen molar-refractivity contribution in [1.29, 1.82) is 0 Å². The van der Waals surface area contributed by atoms with Crippen molar-refractivity contribution in [2.24, 2.45) is 0 Å². The van der Waals surface area contributed by atoms with Crippen LogP contribution in [0.25, 0.3) is 10.1 Å². The predicted octanol–water partition coefficient (Wildman–Crippen LogP) is 5.19. The standard InChI is InChI=1S/C16H13FS/c1-11(12-6-8-13(17)9-7-12)15-10-18-16-5-3-2-4-14(15)16/h2-11H,1H3. The van der Waals surface area contributed by atoms with Crippen LogP contribution in [0.1, 0.15) is 24.0 Å². The van der Waals surface area contributed by atoms with Crippen LogP contribution in [0.4, 0.5) is 4.39 Å². The summed E-state index contributed by atoms with van der Waals surface area (Å²) in [5.74, 6) is 0.114. The Kier molecular flexibility index (Phi) is 2.88. The lowest BCUT2D eigenvalue weighted by atomic mass is 9.93. The summed E-state index contributed by atoms with van der Waals surface area (Å²) in [5, 5.41) is 3.51. The first-order valence-corrected chi connectivity index (χ1v) is 6.85. The molecule has 3 rings (SSSR count). The molecule has 0 saturated carbocycles. The molecular weight excluding hydrogens is 243 g/mol. The molecule has 1 atom stereocenters. The lowest BCUT2D eigenvalue weighted by Gasteiger charge is -2.11. The van der Waals surface area contributed by atoms with Gasteiger partial charge in [-0.2, -0.15) is 0 Å². The van der Waals surface area contributed by atoms with Crippen molar-refractivity contribution < 1.29 is 4.39 Å². The summed E-state index contributed by atoms with van der Waals surface area (Å²) in [5.41, 5.74) is 2.47. The van der Waals surface area contributed by atoms with E-state index in [1.807, 2.05) is 12.1 Å². The fourth-order valence-corrected chi connectivity index (χ4v) is 3.32. The Morgan fingerprint density at radius 1 is 1.00 bits per heavy atom. The first kappa shape index (κ1) is 11.4. The van der Waals surface area contributed by atoms with Gasteiger partial charge in [0, 0.05) is 10.6 Å². The molecule has 0 spiro atoms. The van der Waals surface area contributed by atoms with E-state index in [9.17, 15) is 4.39 Å². The van der Waals surface area contributed by atoms with Crippen molar-refractivity contribution >= 4 is 21.4 Å². The molecule has 0 amide bonds. The van der Waals surface area contributed by atoms with Gasteiger partial charge in [-0.15, -0.1) is 11.3 Å². The van der Waals surface area contributed by atoms with Crippen molar-refractivity contribution in [2.45, 2.75) is 12.8 Å². The van der Waals surface area contributed by atoms with Crippen LogP contribution < -0.4 is 0 Å². The van der Waals surface area contributed by atoms with Crippen molar-refractivity contribution in [3.05, 3.63) is 70.9 Å². The Morgan fingerprint density at radius 2 is 1.72 bits per heavy atom. The predicted molar refractivity (Wildman–Crippen MR) is 75.7 cm³/mol. The summed E-state index contributed by atoms with van der Waals surface area (Å²) < 4.78 is 14.3. The topological polar surface area (TPSA) is 0 Å². The molecule has 90 valence electrons. The smallest absolute Gasteiger partial charge is 0.123 e. The summed E-state index contributed by atoms with van der Waals surface area (Å²) in [4.78, 5) is 0. The molecule has 2 heteroatoms. The van der Waals surface area contributed by atoms with Gasteiger partial charge in [-0.25, -0.2) is 4.39 Å². The zero-order valence-corrected chi connectivity index (χ0v) is 10.9. The maximum Gasteiger partial charge on any atom is 0.123 e. The van der Waals surface area contributed by atoms with Crippen molar-refractivity contribution in [3.63, 3.8) is 0 Å². The minimum Gasteiger partial charge on any atom is -0.207 e. The molecule has 0 radical (unpaired) electrons. The molecule has 0 aliphatic carbocycles. The van der Waals surface area contributed by atoms with Gasteiger partial charge in [-0.05, 0) is 40.1 Å². The van der Waals surface area contributed by atoms with Gasteiger partial charge in [0.05, 0.1) is 0 Å². The van der Waals surface area contributed by atoms with E-state index < -0.39 is 0 Å². The monoisotopic (exact) mass is 256 g/mol. The SMILES string of the molecule is CC(c1ccc(F)cc1)c1csc2ccccc12. The summed E-state index contributed by atoms with van der Waals surface area (Å²) in [6, 6.07) is 15.2. The molecule has 0 saturated heterocycles. The second-order valence-electron chi connectivity index (χ2n) is 4.46. The van der Waals surface area contributed by atoms with Crippen molar-refractivity contribution in [2.75, 3.05) is 0 Å². The van der Waals surface area contributed by atoms with E-state index in [-0.39, 0.29) is 5.82 Å². The maximum absolute atomic E-state index is 12.9. The normalized spacial score (nSPS) is 12.8. The van der Waals surface area contributed by atoms with Crippen LogP contribution in [-0.2, 0) is 0 Å². The highest BCUT2D eigenvalue weighted by Crippen LogP contribution is 2.34. The average molecular weight is 256 g/mol. The van der Waals surface area contributed by atoms with E-state index in [4.69, 9.17) is 0 Å². The van der Waals surface area contributed by atoms with Gasteiger partial charge >= 0.3 is 0 Å². The zero-order chi connectivity index (χ0) is 12.5. The highest BCUT2D eigenvalue weighted by atomic mass is 32.1. The molecule has 1 heterocycles. The highest BCUT2D eigenvalue weighted by molar-refractivity contribution is 7.17. The van der Waals surface area contributed by atoms with Crippen molar-refractivity contribution in [3.8, 4) is 0 Å². The van der Waals surface area contributed by atoms with Crippen LogP contribution in [0.15, 0.2) is 53.9 Å². The van der Waals surface area contributed by atoms with E-state index in [2.05, 4.69) is 36.6 Å². The molecular formula is C16H13FS. The number of benzene rings is 2. The van der Waals surface area contributed by atoms with E-state index >= 15 is 0 Å². The molecule has 0 aliphatic rings. The minimum absolute atomic E-state index is 0.180. The van der Waals surface area contributed by atoms with Crippen LogP contribution in [0, 0.1) is 5.82 Å². The number of hydrogen-bond donors (Lipinski definition) is 0. The van der Waals surface area contributed by atoms with E-state index in [0.29, 0.717) is 5.92 Å². The third-order valence-electron chi connectivity index (χ3n) is 3.35. The largest absolute Gasteiger partial charge is 0.207 e. The molecule has 0 nitrogen and oxygen atoms in total. The van der Waals surface area contributed by atoms with Crippen LogP contribution in [0.3, 0.4) is 0 Å². The fraction of sp³-hybridized carbons (Fsp3) is 0.125. The van der Waals surface area contributed by atoms with Gasteiger partial charge < -0.3 is 0 Å². The molecule has 2 aromatic carbocycles. The molecule has 1 aromatic heterocycles. The Labute approximate surface area is 110 Å². The summed E-state index contributed by atoms with van der Waals surface area (Å²) in [6.45, 7) is 2.17. The summed E-state index contributed by atoms with van der Waals surface area (Å²) in [6.07, 6.45) is 0. The third kappa shape index (κ3) is 1.93. The zero-order valence-electron chi connectivity index (χ0n) is 10.1. The highest BCUT2D eigenvalue weighted by Gasteiger charge is 2.13. The Bertz CT molecular complexity index is 667. The Hall–Kier alpha value is -1.67. The number of fused-ring (bicyclic) bond motifs is 1. The number of thiophene rings is 1. The second-order valence-corrected chi connectivity index (χ2v) is 5.37. The Morgan fingerprint density at radius 3 is 2.50 bits per heavy atom. The average Bonchev–Trinajstić information content (AvgIpc) is 2.82. The fourth-order valence-electron chi connectivity index (χ4n) is 2.26. The molecule has 0 fully saturated rings. The van der Waals surface area contributed by atoms with Gasteiger partial charge in [0.25, 0.3) is 0 Å². The minimum atomic E-state index is -0.180. The van der Waals surface area contributed by atoms with E-state index in [0.717, 1.165) is 5.56 Å². The molecule has 18 heavy (non-hydrogen) atoms. The van der Waals surface area contributed by atoms with Crippen LogP contribution in [0.5, 0.6) is 0 Å². The van der Waals surface area contributed by atoms with Gasteiger partial charge in [0.2, 0.25) is 0 Å². The second kappa shape index (κ2) is 4.54. The summed E-state index contributed by atoms with van der Waals surface area (Å²) in [7, 11) is 0. The number of hydrogen-bond acceptors (Lipinski definition) is 1. The lowest BCUT2D eigenvalue weighted by Crippen LogP contribution is -1.94. The van der Waals surface area contributed by atoms with E-state index in [1.165, 1.54) is 27.8 Å². The Balaban J connectivity index is 2.06. The summed E-state index contributed by atoms with van der Waals surface area (Å²) >= 11 is 1.77. The number of halogens is 1. The van der Waals surface area contributed by atoms with Crippen LogP contribution >= 0.6 is 11.3 Å². The quantitative estimate of drug-likeness (QED) is 0.591. The molecule has 3 aromatic rings.